The van der Waals surface area contributed by atoms with Gasteiger partial charge in [0.2, 0.25) is 18.0 Å². The molecule has 1 fully saturated rings. The van der Waals surface area contributed by atoms with E-state index in [9.17, 15) is 28.2 Å². The number of nitrogens with zero attached hydrogens (tertiary/aromatic N) is 2. The standard InChI is InChI=1S/C28H35N3O8S/c1-19(21(16-20-8-3-2-4-9-20)28-38-18-24(39-28)27(34)35)12-13-25(33)30-22-10-7-15-31(17-23(22)32)40(36,37)26-11-5-6-14-29-26/h2-6,8-9,11,14,18-19,21-23,28,32H,7,10,12-13,15-17H2,1H3,(H,30,33)(H,34,35). The number of nitrogens with one attached hydrogen (secondary N) is 1. The second-order valence-corrected chi connectivity index (χ2v) is 12.1. The van der Waals surface area contributed by atoms with Gasteiger partial charge < -0.3 is 25.0 Å². The number of aromatic nitrogens is 1. The molecule has 0 spiro atoms. The Morgan fingerprint density at radius 3 is 2.60 bits per heavy atom. The SMILES string of the molecule is CC(CCC(=O)NC1CCCN(S(=O)(=O)c2ccccn2)CC1O)C(Cc1ccccc1)C1OC=C(C(=O)O)O1. The summed E-state index contributed by atoms with van der Waals surface area (Å²) in [4.78, 5) is 28.2. The van der Waals surface area contributed by atoms with Gasteiger partial charge >= 0.3 is 5.97 Å². The van der Waals surface area contributed by atoms with Gasteiger partial charge in [0.05, 0.1) is 12.1 Å². The number of aliphatic hydroxyl groups is 1. The Bertz CT molecular complexity index is 1290. The minimum Gasteiger partial charge on any atom is -0.475 e. The molecule has 0 bridgehead atoms. The molecule has 0 radical (unpaired) electrons. The average molecular weight is 574 g/mol. The molecule has 2 aliphatic heterocycles. The topological polar surface area (TPSA) is 155 Å². The summed E-state index contributed by atoms with van der Waals surface area (Å²) in [7, 11) is -3.86. The lowest BCUT2D eigenvalue weighted by atomic mass is 9.84. The monoisotopic (exact) mass is 573 g/mol. The van der Waals surface area contributed by atoms with Crippen LogP contribution in [-0.2, 0) is 35.5 Å². The van der Waals surface area contributed by atoms with Crippen molar-refractivity contribution in [2.75, 3.05) is 13.1 Å². The minimum absolute atomic E-state index is 0.0736. The zero-order valence-electron chi connectivity index (χ0n) is 22.3. The first-order valence-electron chi connectivity index (χ1n) is 13.3. The van der Waals surface area contributed by atoms with E-state index in [1.54, 1.807) is 12.1 Å². The number of amides is 1. The van der Waals surface area contributed by atoms with Gasteiger partial charge in [0, 0.05) is 31.6 Å². The first kappa shape index (κ1) is 29.5. The van der Waals surface area contributed by atoms with Crippen LogP contribution in [0.1, 0.15) is 38.2 Å². The van der Waals surface area contributed by atoms with Gasteiger partial charge in [-0.2, -0.15) is 4.31 Å². The van der Waals surface area contributed by atoms with Gasteiger partial charge in [-0.15, -0.1) is 0 Å². The van der Waals surface area contributed by atoms with Crippen molar-refractivity contribution >= 4 is 21.9 Å². The Hall–Kier alpha value is -3.48. The van der Waals surface area contributed by atoms with E-state index in [4.69, 9.17) is 9.47 Å². The molecular formula is C28H35N3O8S. The van der Waals surface area contributed by atoms with Crippen LogP contribution in [0.25, 0.3) is 0 Å². The quantitative estimate of drug-likeness (QED) is 0.367. The van der Waals surface area contributed by atoms with Crippen LogP contribution < -0.4 is 5.32 Å². The van der Waals surface area contributed by atoms with Crippen molar-refractivity contribution in [3.63, 3.8) is 0 Å². The molecule has 1 saturated heterocycles. The molecule has 5 unspecified atom stereocenters. The van der Waals surface area contributed by atoms with E-state index in [0.717, 1.165) is 11.8 Å². The van der Waals surface area contributed by atoms with E-state index < -0.39 is 34.4 Å². The van der Waals surface area contributed by atoms with Crippen LogP contribution in [0.5, 0.6) is 0 Å². The third-order valence-corrected chi connectivity index (χ3v) is 9.13. The van der Waals surface area contributed by atoms with E-state index in [-0.39, 0.29) is 48.0 Å². The Morgan fingerprint density at radius 2 is 1.93 bits per heavy atom. The number of hydrogen-bond acceptors (Lipinski definition) is 8. The zero-order valence-corrected chi connectivity index (χ0v) is 23.1. The molecule has 1 aromatic heterocycles. The number of rotatable bonds is 11. The number of β-amino-alcohol motifs (C(OH)–C–C–N with tert-alkyl or cyclic N) is 1. The molecule has 1 amide bonds. The fourth-order valence-corrected chi connectivity index (χ4v) is 6.46. The number of hydrogen-bond donors (Lipinski definition) is 3. The molecule has 2 aliphatic rings. The maximum atomic E-state index is 13.0. The lowest BCUT2D eigenvalue weighted by molar-refractivity contribution is -0.142. The van der Waals surface area contributed by atoms with Gasteiger partial charge in [-0.1, -0.05) is 43.3 Å². The summed E-state index contributed by atoms with van der Waals surface area (Å²) in [5.74, 6) is -2.02. The Balaban J connectivity index is 1.33. The summed E-state index contributed by atoms with van der Waals surface area (Å²) in [5, 5.41) is 22.8. The van der Waals surface area contributed by atoms with Crippen molar-refractivity contribution in [1.82, 2.24) is 14.6 Å². The molecular weight excluding hydrogens is 538 g/mol. The first-order valence-corrected chi connectivity index (χ1v) is 14.8. The molecule has 1 aromatic carbocycles. The molecule has 12 heteroatoms. The van der Waals surface area contributed by atoms with Crippen molar-refractivity contribution in [2.45, 2.75) is 62.5 Å². The van der Waals surface area contributed by atoms with E-state index >= 15 is 0 Å². The van der Waals surface area contributed by atoms with Crippen LogP contribution in [0.15, 0.2) is 71.8 Å². The number of sulfonamides is 1. The van der Waals surface area contributed by atoms with E-state index in [0.29, 0.717) is 25.7 Å². The van der Waals surface area contributed by atoms with Crippen LogP contribution in [0, 0.1) is 11.8 Å². The van der Waals surface area contributed by atoms with Gasteiger partial charge in [-0.3, -0.25) is 4.79 Å². The lowest BCUT2D eigenvalue weighted by Gasteiger charge is -2.29. The summed E-state index contributed by atoms with van der Waals surface area (Å²) >= 11 is 0. The summed E-state index contributed by atoms with van der Waals surface area (Å²) in [5.41, 5.74) is 1.03. The number of aliphatic carboxylic acids is 1. The Morgan fingerprint density at radius 1 is 1.18 bits per heavy atom. The van der Waals surface area contributed by atoms with Gasteiger partial charge in [-0.05, 0) is 49.3 Å². The van der Waals surface area contributed by atoms with Crippen LogP contribution in [0.4, 0.5) is 0 Å². The van der Waals surface area contributed by atoms with Crippen molar-refractivity contribution in [2.24, 2.45) is 11.8 Å². The normalized spacial score (nSPS) is 23.1. The number of carbonyl (C=O) groups is 2. The smallest absolute Gasteiger partial charge is 0.374 e. The van der Waals surface area contributed by atoms with E-state index in [1.807, 2.05) is 37.3 Å². The maximum absolute atomic E-state index is 13.0. The number of carboxylic acid groups (broad SMARTS) is 1. The minimum atomic E-state index is -3.86. The number of pyridine rings is 1. The molecule has 11 nitrogen and oxygen atoms in total. The molecule has 3 heterocycles. The zero-order chi connectivity index (χ0) is 28.7. The van der Waals surface area contributed by atoms with Crippen LogP contribution in [0.3, 0.4) is 0 Å². The van der Waals surface area contributed by atoms with Crippen molar-refractivity contribution < 1.29 is 37.7 Å². The largest absolute Gasteiger partial charge is 0.475 e. The molecule has 4 rings (SSSR count). The van der Waals surface area contributed by atoms with Crippen LogP contribution in [0.2, 0.25) is 0 Å². The molecule has 2 aromatic rings. The van der Waals surface area contributed by atoms with Crippen LogP contribution in [-0.4, -0.2) is 71.3 Å². The van der Waals surface area contributed by atoms with Crippen LogP contribution >= 0.6 is 0 Å². The highest BCUT2D eigenvalue weighted by molar-refractivity contribution is 7.89. The Labute approximate surface area is 233 Å². The fourth-order valence-electron chi connectivity index (χ4n) is 5.03. The summed E-state index contributed by atoms with van der Waals surface area (Å²) < 4.78 is 38.2. The number of ether oxygens (including phenoxy) is 2. The highest BCUT2D eigenvalue weighted by Gasteiger charge is 2.36. The second kappa shape index (κ2) is 13.2. The molecule has 5 atom stereocenters. The van der Waals surface area contributed by atoms with Crippen molar-refractivity contribution in [3.8, 4) is 0 Å². The molecule has 216 valence electrons. The number of benzene rings is 1. The number of carbonyl (C=O) groups excluding carboxylic acids is 1. The predicted octanol–water partition coefficient (Wildman–Crippen LogP) is 2.29. The number of aliphatic hydroxyl groups excluding tert-OH is 1. The summed E-state index contributed by atoms with van der Waals surface area (Å²) in [6, 6.07) is 13.7. The van der Waals surface area contributed by atoms with Gasteiger partial charge in [0.25, 0.3) is 10.0 Å². The maximum Gasteiger partial charge on any atom is 0.374 e. The second-order valence-electron chi connectivity index (χ2n) is 10.2. The predicted molar refractivity (Wildman–Crippen MR) is 144 cm³/mol. The van der Waals surface area contributed by atoms with Crippen molar-refractivity contribution in [1.29, 1.82) is 0 Å². The molecule has 0 aliphatic carbocycles. The average Bonchev–Trinajstić information content (AvgIpc) is 3.37. The van der Waals surface area contributed by atoms with E-state index in [1.165, 1.54) is 16.6 Å². The third kappa shape index (κ3) is 7.38. The van der Waals surface area contributed by atoms with Gasteiger partial charge in [-0.25, -0.2) is 18.2 Å². The molecule has 0 saturated carbocycles. The fraction of sp³-hybridized carbons (Fsp3) is 0.464. The third-order valence-electron chi connectivity index (χ3n) is 7.35. The highest BCUT2D eigenvalue weighted by atomic mass is 32.2. The number of carboxylic acids is 1. The van der Waals surface area contributed by atoms with Crippen molar-refractivity contribution in [3.05, 3.63) is 72.3 Å². The lowest BCUT2D eigenvalue weighted by Crippen LogP contribution is -2.47. The summed E-state index contributed by atoms with van der Waals surface area (Å²) in [6.07, 6.45) is 2.75. The summed E-state index contributed by atoms with van der Waals surface area (Å²) in [6.45, 7) is 2.04. The Kier molecular flexibility index (Phi) is 9.77. The van der Waals surface area contributed by atoms with E-state index in [2.05, 4.69) is 10.3 Å². The molecule has 3 N–H and O–H groups in total. The van der Waals surface area contributed by atoms with Gasteiger partial charge in [0.1, 0.15) is 6.26 Å². The molecule has 40 heavy (non-hydrogen) atoms. The highest BCUT2D eigenvalue weighted by Crippen LogP contribution is 2.32. The first-order chi connectivity index (χ1) is 19.1. The van der Waals surface area contributed by atoms with Gasteiger partial charge in [0.15, 0.2) is 5.03 Å².